The van der Waals surface area contributed by atoms with E-state index in [0.717, 1.165) is 0 Å². The molecule has 2 saturated heterocycles. The van der Waals surface area contributed by atoms with Crippen molar-refractivity contribution in [1.29, 1.82) is 10.5 Å². The molecule has 10 rings (SSSR count). The van der Waals surface area contributed by atoms with Crippen LogP contribution in [0.5, 0.6) is 0 Å². The van der Waals surface area contributed by atoms with Crippen molar-refractivity contribution in [2.45, 2.75) is 79.3 Å². The second kappa shape index (κ2) is 26.4. The SMILES string of the molecule is C=CC(=O)N1CCN(c2c(C#N)c(=O)n(-c3c(C)ccnc3C(C)C)c3nc(-c4c(F)c(N)c(F)c(Cl)c4Cl)c(Cl)cc23)C[C@H]1C.C=CC(=O)N1CCN(c2c(C#N)c(=O)n(-c3c(C)ccnc3C(C)C)c3nc(-c4c(F)c(N)c(F)c(F)c4Cl)c(Cl)cc23)C[C@H]1C. The van der Waals surface area contributed by atoms with E-state index in [1.807, 2.05) is 52.5 Å². The zero-order chi connectivity index (χ0) is 67.5. The molecule has 0 bridgehead atoms. The lowest BCUT2D eigenvalue weighted by molar-refractivity contribution is -0.129. The number of hydrogen-bond donors (Lipinski definition) is 2. The zero-order valence-corrected chi connectivity index (χ0v) is 54.3. The molecule has 2 amide bonds. The van der Waals surface area contributed by atoms with Gasteiger partial charge in [-0.25, -0.2) is 31.9 Å². The second-order valence-electron chi connectivity index (χ2n) is 22.5. The number of nitriles is 2. The Balaban J connectivity index is 0.000000217. The van der Waals surface area contributed by atoms with Crippen LogP contribution in [0.3, 0.4) is 0 Å². The van der Waals surface area contributed by atoms with Crippen LogP contribution in [-0.2, 0) is 9.59 Å². The van der Waals surface area contributed by atoms with Gasteiger partial charge in [0.15, 0.2) is 29.1 Å². The van der Waals surface area contributed by atoms with Gasteiger partial charge in [0.2, 0.25) is 11.8 Å². The maximum absolute atomic E-state index is 15.6. The predicted molar refractivity (Wildman–Crippen MR) is 349 cm³/mol. The quantitative estimate of drug-likeness (QED) is 0.0425. The first-order valence-electron chi connectivity index (χ1n) is 28.4. The van der Waals surface area contributed by atoms with E-state index in [1.54, 1.807) is 53.1 Å². The average molecular weight is 1360 g/mol. The van der Waals surface area contributed by atoms with Gasteiger partial charge < -0.3 is 31.1 Å². The lowest BCUT2D eigenvalue weighted by atomic mass is 10.0. The molecule has 2 aliphatic rings. The number of amides is 2. The van der Waals surface area contributed by atoms with E-state index in [4.69, 9.17) is 74.5 Å². The number of aromatic nitrogens is 6. The van der Waals surface area contributed by atoms with Gasteiger partial charge in [-0.2, -0.15) is 10.5 Å². The summed E-state index contributed by atoms with van der Waals surface area (Å²) in [4.78, 5) is 78.9. The van der Waals surface area contributed by atoms with Crippen LogP contribution in [-0.4, -0.2) is 102 Å². The maximum Gasteiger partial charge on any atom is 0.276 e. The Kier molecular flexibility index (Phi) is 19.4. The monoisotopic (exact) mass is 1350 g/mol. The molecule has 92 heavy (non-hydrogen) atoms. The highest BCUT2D eigenvalue weighted by atomic mass is 35.5. The lowest BCUT2D eigenvalue weighted by Crippen LogP contribution is -2.54. The fraction of sp³-hybridized carbons (Fsp3) is 0.281. The predicted octanol–water partition coefficient (Wildman–Crippen LogP) is 13.1. The van der Waals surface area contributed by atoms with Gasteiger partial charge >= 0.3 is 0 Å². The summed E-state index contributed by atoms with van der Waals surface area (Å²) in [5.41, 5.74) is 8.90. The van der Waals surface area contributed by atoms with Gasteiger partial charge in [0.05, 0.1) is 81.8 Å². The van der Waals surface area contributed by atoms with Crippen molar-refractivity contribution in [3.05, 3.63) is 171 Å². The minimum atomic E-state index is -1.67. The number of carbonyl (C=O) groups excluding carboxylic acids is 2. The number of anilines is 4. The summed E-state index contributed by atoms with van der Waals surface area (Å²) in [5.74, 6) is -7.99. The molecule has 8 aromatic rings. The first-order valence-corrected chi connectivity index (χ1v) is 30.3. The van der Waals surface area contributed by atoms with E-state index in [2.05, 4.69) is 34.2 Å². The molecule has 0 saturated carbocycles. The summed E-state index contributed by atoms with van der Waals surface area (Å²) in [5, 5.41) is 18.9. The Labute approximate surface area is 548 Å². The number of halogens is 10. The lowest BCUT2D eigenvalue weighted by Gasteiger charge is -2.41. The third-order valence-electron chi connectivity index (χ3n) is 16.1. The Hall–Kier alpha value is -8.84. The van der Waals surface area contributed by atoms with Gasteiger partial charge in [-0.3, -0.25) is 38.3 Å². The number of benzene rings is 2. The number of piperazine rings is 2. The summed E-state index contributed by atoms with van der Waals surface area (Å²) in [7, 11) is 0. The third kappa shape index (κ3) is 11.5. The summed E-state index contributed by atoms with van der Waals surface area (Å²) in [6, 6.07) is 9.68. The van der Waals surface area contributed by atoms with E-state index in [0.29, 0.717) is 33.9 Å². The first-order chi connectivity index (χ1) is 43.5. The number of pyridine rings is 6. The molecule has 0 spiro atoms. The maximum atomic E-state index is 15.6. The number of hydrogen-bond acceptors (Lipinski definition) is 14. The van der Waals surface area contributed by atoms with Crippen LogP contribution in [0.2, 0.25) is 25.1 Å². The fourth-order valence-electron chi connectivity index (χ4n) is 11.7. The summed E-state index contributed by atoms with van der Waals surface area (Å²) < 4.78 is 77.1. The third-order valence-corrected chi connectivity index (χ3v) is 17.9. The second-order valence-corrected chi connectivity index (χ2v) is 24.5. The molecular weight excluding hydrogens is 1300 g/mol. The first kappa shape index (κ1) is 67.6. The van der Waals surface area contributed by atoms with Crippen LogP contribution in [0, 0.1) is 65.6 Å². The number of fused-ring (bicyclic) bond motifs is 2. The van der Waals surface area contributed by atoms with Gasteiger partial charge in [-0.15, -0.1) is 0 Å². The Morgan fingerprint density at radius 2 is 0.978 bits per heavy atom. The molecule has 476 valence electrons. The Morgan fingerprint density at radius 1 is 0.598 bits per heavy atom. The van der Waals surface area contributed by atoms with Crippen molar-refractivity contribution in [2.75, 3.05) is 60.5 Å². The molecule has 0 aliphatic carbocycles. The van der Waals surface area contributed by atoms with E-state index >= 15 is 8.78 Å². The number of nitrogen functional groups attached to an aromatic ring is 2. The molecule has 28 heteroatoms. The van der Waals surface area contributed by atoms with Gasteiger partial charge in [-0.05, 0) is 87.1 Å². The minimum Gasteiger partial charge on any atom is -0.394 e. The fourth-order valence-corrected chi connectivity index (χ4v) is 12.9. The molecule has 2 aromatic carbocycles. The van der Waals surface area contributed by atoms with Crippen LogP contribution in [0.25, 0.3) is 56.0 Å². The smallest absolute Gasteiger partial charge is 0.276 e. The van der Waals surface area contributed by atoms with Crippen molar-refractivity contribution in [3.8, 4) is 46.0 Å². The molecule has 8 heterocycles. The molecule has 2 aliphatic heterocycles. The Morgan fingerprint density at radius 3 is 1.34 bits per heavy atom. The molecular formula is C64H56Cl5F5N14O4. The van der Waals surface area contributed by atoms with Gasteiger partial charge in [-0.1, -0.05) is 98.9 Å². The topological polar surface area (TPSA) is 242 Å². The van der Waals surface area contributed by atoms with Gasteiger partial charge in [0.25, 0.3) is 11.1 Å². The number of rotatable bonds is 10. The van der Waals surface area contributed by atoms with Crippen molar-refractivity contribution in [3.63, 3.8) is 0 Å². The zero-order valence-electron chi connectivity index (χ0n) is 50.5. The number of nitrogens with two attached hydrogens (primary N) is 2. The van der Waals surface area contributed by atoms with Crippen LogP contribution in [0.15, 0.2) is 71.6 Å². The standard InChI is InChI=1S/C32H28Cl3F2N7O2.C32H28Cl2F3N7O2/c1-6-20(45)43-10-9-42(13-16(43)5)30-17-11-19(33)28(21-22(34)23(35)25(37)26(39)24(21)36)41-31(17)44(32(46)18(30)12-38)29-15(4)7-8-40-27(29)14(2)3;1-6-20(45)43-10-9-42(13-16(43)5)30-17-11-19(33)28(21-22(34)24(36)25(37)26(39)23(21)35)41-31(17)44(32(46)18(30)12-38)29-15(4)7-8-40-27(29)14(2)3/h2*6-8,11,14,16H,1,9-10,13,39H2,2-5H3/t2*16-/m11/s1. The van der Waals surface area contributed by atoms with Crippen molar-refractivity contribution < 1.29 is 31.5 Å². The van der Waals surface area contributed by atoms with Crippen LogP contribution < -0.4 is 32.4 Å². The molecule has 18 nitrogen and oxygen atoms in total. The van der Waals surface area contributed by atoms with Gasteiger partial charge in [0, 0.05) is 74.5 Å². The average Bonchev–Trinajstić information content (AvgIpc) is 0.734. The highest BCUT2D eigenvalue weighted by Crippen LogP contribution is 2.46. The Bertz CT molecular complexity index is 4350. The van der Waals surface area contributed by atoms with E-state index in [-0.39, 0.29) is 135 Å². The van der Waals surface area contributed by atoms with Crippen LogP contribution >= 0.6 is 58.0 Å². The molecule has 0 unspecified atom stereocenters. The largest absolute Gasteiger partial charge is 0.394 e. The van der Waals surface area contributed by atoms with Crippen LogP contribution in [0.4, 0.5) is 44.7 Å². The van der Waals surface area contributed by atoms with E-state index < -0.39 is 83.5 Å². The van der Waals surface area contributed by atoms with Crippen molar-refractivity contribution in [2.24, 2.45) is 0 Å². The number of aryl methyl sites for hydroxylation is 2. The summed E-state index contributed by atoms with van der Waals surface area (Å²) >= 11 is 32.0. The molecule has 0 radical (unpaired) electrons. The van der Waals surface area contributed by atoms with E-state index in [1.165, 1.54) is 33.4 Å². The highest BCUT2D eigenvalue weighted by Gasteiger charge is 2.36. The molecule has 2 atom stereocenters. The van der Waals surface area contributed by atoms with Crippen molar-refractivity contribution in [1.82, 2.24) is 38.9 Å². The molecule has 4 N–H and O–H groups in total. The molecule has 6 aromatic heterocycles. The normalized spacial score (nSPS) is 15.0. The summed E-state index contributed by atoms with van der Waals surface area (Å²) in [6.45, 7) is 23.4. The summed E-state index contributed by atoms with van der Waals surface area (Å²) in [6.07, 6.45) is 5.64. The minimum absolute atomic E-state index is 0.00290. The van der Waals surface area contributed by atoms with Crippen LogP contribution in [0.1, 0.15) is 87.0 Å². The van der Waals surface area contributed by atoms with E-state index in [9.17, 15) is 42.9 Å². The molecule has 2 fully saturated rings. The number of carbonyl (C=O) groups is 2. The van der Waals surface area contributed by atoms with Crippen molar-refractivity contribution >= 4 is 115 Å². The number of nitrogens with zero attached hydrogens (tertiary/aromatic N) is 12. The highest BCUT2D eigenvalue weighted by molar-refractivity contribution is 6.45. The van der Waals surface area contributed by atoms with Gasteiger partial charge in [0.1, 0.15) is 45.9 Å².